The van der Waals surface area contributed by atoms with Crippen LogP contribution in [0.5, 0.6) is 0 Å². The molecule has 0 spiro atoms. The van der Waals surface area contributed by atoms with Crippen LogP contribution in [0.15, 0.2) is 30.6 Å². The molecule has 0 saturated carbocycles. The Kier molecular flexibility index (Phi) is 4.51. The first kappa shape index (κ1) is 12.2. The zero-order valence-corrected chi connectivity index (χ0v) is 10.0. The molecule has 0 bridgehead atoms. The molecule has 0 fully saturated rings. The van der Waals surface area contributed by atoms with Gasteiger partial charge in [-0.15, -0.1) is 0 Å². The van der Waals surface area contributed by atoms with E-state index < -0.39 is 0 Å². The van der Waals surface area contributed by atoms with Crippen molar-refractivity contribution < 1.29 is 0 Å². The van der Waals surface area contributed by atoms with Crippen molar-refractivity contribution in [1.29, 1.82) is 0 Å². The molecule has 0 saturated heterocycles. The van der Waals surface area contributed by atoms with Gasteiger partial charge in [0.2, 0.25) is 0 Å². The maximum absolute atomic E-state index is 5.77. The van der Waals surface area contributed by atoms with Crippen molar-refractivity contribution in [2.24, 2.45) is 0 Å². The van der Waals surface area contributed by atoms with E-state index in [0.717, 1.165) is 17.8 Å². The smallest absolute Gasteiger partial charge is 0.122 e. The third-order valence-electron chi connectivity index (χ3n) is 2.09. The van der Waals surface area contributed by atoms with E-state index in [4.69, 9.17) is 5.73 Å². The zero-order valence-electron chi connectivity index (χ0n) is 10.0. The second-order valence-corrected chi connectivity index (χ2v) is 3.01. The highest BCUT2D eigenvalue weighted by Crippen LogP contribution is 2.18. The number of nitrogen functional groups attached to an aromatic ring is 1. The summed E-state index contributed by atoms with van der Waals surface area (Å²) in [5, 5.41) is 4.36. The monoisotopic (exact) mass is 218 g/mol. The van der Waals surface area contributed by atoms with Gasteiger partial charge >= 0.3 is 0 Å². The number of nitrogens with zero attached hydrogens (tertiary/aromatic N) is 3. The summed E-state index contributed by atoms with van der Waals surface area (Å²) in [6.45, 7) is 6.80. The number of hydrogen-bond donors (Lipinski definition) is 1. The summed E-state index contributed by atoms with van der Waals surface area (Å²) in [6.07, 6.45) is 3.49. The van der Waals surface area contributed by atoms with Gasteiger partial charge in [-0.05, 0) is 19.1 Å². The molecule has 0 aliphatic carbocycles. The molecule has 0 amide bonds. The molecule has 0 aliphatic rings. The zero-order chi connectivity index (χ0) is 12.0. The summed E-state index contributed by atoms with van der Waals surface area (Å²) in [5.41, 5.74) is 7.71. The van der Waals surface area contributed by atoms with E-state index in [-0.39, 0.29) is 0 Å². The van der Waals surface area contributed by atoms with E-state index in [1.165, 1.54) is 0 Å². The fraction of sp³-hybridized carbons (Fsp3) is 0.333. The van der Waals surface area contributed by atoms with Crippen LogP contribution < -0.4 is 5.73 Å². The van der Waals surface area contributed by atoms with E-state index in [1.807, 2.05) is 39.0 Å². The second kappa shape index (κ2) is 5.90. The molecular formula is C12H18N4. The summed E-state index contributed by atoms with van der Waals surface area (Å²) >= 11 is 0. The lowest BCUT2D eigenvalue weighted by Gasteiger charge is -1.96. The highest BCUT2D eigenvalue weighted by molar-refractivity contribution is 5.61. The molecular weight excluding hydrogens is 200 g/mol. The van der Waals surface area contributed by atoms with Gasteiger partial charge in [-0.3, -0.25) is 4.98 Å². The van der Waals surface area contributed by atoms with E-state index >= 15 is 0 Å². The lowest BCUT2D eigenvalue weighted by molar-refractivity contribution is 0.672. The summed E-state index contributed by atoms with van der Waals surface area (Å²) in [6, 6.07) is 5.71. The Bertz CT molecular complexity index is 420. The molecule has 2 heterocycles. The summed E-state index contributed by atoms with van der Waals surface area (Å²) in [5.74, 6) is 0.694. The molecule has 0 atom stereocenters. The SMILES string of the molecule is CC.CCn1nc(-c2ccncc2)cc1N. The number of aromatic nitrogens is 3. The van der Waals surface area contributed by atoms with Gasteiger partial charge in [0.25, 0.3) is 0 Å². The Labute approximate surface area is 96.1 Å². The van der Waals surface area contributed by atoms with Crippen LogP contribution in [0, 0.1) is 0 Å². The number of nitrogens with two attached hydrogens (primary N) is 1. The number of aryl methyl sites for hydroxylation is 1. The fourth-order valence-corrected chi connectivity index (χ4v) is 1.35. The van der Waals surface area contributed by atoms with Gasteiger partial charge in [0.1, 0.15) is 5.82 Å². The average Bonchev–Trinajstić information content (AvgIpc) is 2.74. The maximum atomic E-state index is 5.77. The van der Waals surface area contributed by atoms with E-state index in [2.05, 4.69) is 10.1 Å². The van der Waals surface area contributed by atoms with Crippen LogP contribution >= 0.6 is 0 Å². The van der Waals surface area contributed by atoms with Crippen LogP contribution in [-0.4, -0.2) is 14.8 Å². The molecule has 16 heavy (non-hydrogen) atoms. The third-order valence-corrected chi connectivity index (χ3v) is 2.09. The van der Waals surface area contributed by atoms with Crippen molar-refractivity contribution in [3.63, 3.8) is 0 Å². The number of hydrogen-bond acceptors (Lipinski definition) is 3. The van der Waals surface area contributed by atoms with Gasteiger partial charge < -0.3 is 5.73 Å². The maximum Gasteiger partial charge on any atom is 0.122 e. The third kappa shape index (κ3) is 2.59. The quantitative estimate of drug-likeness (QED) is 0.842. The van der Waals surface area contributed by atoms with Crippen molar-refractivity contribution in [3.05, 3.63) is 30.6 Å². The first-order chi connectivity index (χ1) is 7.81. The standard InChI is InChI=1S/C10H12N4.C2H6/c1-2-14-10(11)7-9(13-14)8-3-5-12-6-4-8;1-2/h3-7H,2,11H2,1H3;1-2H3. The molecule has 0 radical (unpaired) electrons. The number of pyridine rings is 1. The van der Waals surface area contributed by atoms with Crippen molar-refractivity contribution >= 4 is 5.82 Å². The normalized spacial score (nSPS) is 9.44. The lowest BCUT2D eigenvalue weighted by atomic mass is 10.2. The second-order valence-electron chi connectivity index (χ2n) is 3.01. The average molecular weight is 218 g/mol. The highest BCUT2D eigenvalue weighted by atomic mass is 15.3. The molecule has 2 rings (SSSR count). The molecule has 2 aromatic rings. The minimum atomic E-state index is 0.694. The van der Waals surface area contributed by atoms with Crippen molar-refractivity contribution in [1.82, 2.24) is 14.8 Å². The Balaban J connectivity index is 0.000000606. The van der Waals surface area contributed by atoms with Gasteiger partial charge in [-0.2, -0.15) is 5.10 Å². The van der Waals surface area contributed by atoms with Crippen LogP contribution in [-0.2, 0) is 6.54 Å². The molecule has 0 unspecified atom stereocenters. The van der Waals surface area contributed by atoms with Gasteiger partial charge in [0, 0.05) is 30.6 Å². The van der Waals surface area contributed by atoms with Crippen molar-refractivity contribution in [2.45, 2.75) is 27.3 Å². The highest BCUT2D eigenvalue weighted by Gasteiger charge is 2.04. The topological polar surface area (TPSA) is 56.7 Å². The Morgan fingerprint density at radius 2 is 1.88 bits per heavy atom. The number of rotatable bonds is 2. The van der Waals surface area contributed by atoms with Crippen LogP contribution in [0.4, 0.5) is 5.82 Å². The van der Waals surface area contributed by atoms with E-state index in [9.17, 15) is 0 Å². The predicted octanol–water partition coefficient (Wildman–Crippen LogP) is 2.57. The summed E-state index contributed by atoms with van der Waals surface area (Å²) in [7, 11) is 0. The van der Waals surface area contributed by atoms with Crippen LogP contribution in [0.3, 0.4) is 0 Å². The first-order valence-electron chi connectivity index (χ1n) is 5.55. The van der Waals surface area contributed by atoms with Crippen molar-refractivity contribution in [2.75, 3.05) is 5.73 Å². The Hall–Kier alpha value is -1.84. The molecule has 0 aliphatic heterocycles. The molecule has 2 N–H and O–H groups in total. The van der Waals surface area contributed by atoms with Crippen LogP contribution in [0.25, 0.3) is 11.3 Å². The van der Waals surface area contributed by atoms with E-state index in [1.54, 1.807) is 17.1 Å². The van der Waals surface area contributed by atoms with Gasteiger partial charge in [0.15, 0.2) is 0 Å². The van der Waals surface area contributed by atoms with E-state index in [0.29, 0.717) is 5.82 Å². The molecule has 86 valence electrons. The first-order valence-corrected chi connectivity index (χ1v) is 5.55. The largest absolute Gasteiger partial charge is 0.384 e. The molecule has 2 aromatic heterocycles. The predicted molar refractivity (Wildman–Crippen MR) is 66.9 cm³/mol. The fourth-order valence-electron chi connectivity index (χ4n) is 1.35. The van der Waals surface area contributed by atoms with Crippen molar-refractivity contribution in [3.8, 4) is 11.3 Å². The number of anilines is 1. The van der Waals surface area contributed by atoms with Gasteiger partial charge in [-0.25, -0.2) is 4.68 Å². The molecule has 0 aromatic carbocycles. The Morgan fingerprint density at radius 3 is 2.38 bits per heavy atom. The summed E-state index contributed by atoms with van der Waals surface area (Å²) in [4.78, 5) is 3.95. The van der Waals surface area contributed by atoms with Gasteiger partial charge in [0.05, 0.1) is 5.69 Å². The lowest BCUT2D eigenvalue weighted by Crippen LogP contribution is -2.01. The van der Waals surface area contributed by atoms with Crippen LogP contribution in [0.2, 0.25) is 0 Å². The van der Waals surface area contributed by atoms with Gasteiger partial charge in [-0.1, -0.05) is 13.8 Å². The van der Waals surface area contributed by atoms with Crippen LogP contribution in [0.1, 0.15) is 20.8 Å². The molecule has 4 heteroatoms. The minimum absolute atomic E-state index is 0.694. The summed E-state index contributed by atoms with van der Waals surface area (Å²) < 4.78 is 1.77. The Morgan fingerprint density at radius 1 is 1.25 bits per heavy atom. The molecule has 4 nitrogen and oxygen atoms in total. The minimum Gasteiger partial charge on any atom is -0.384 e.